The van der Waals surface area contributed by atoms with E-state index in [4.69, 9.17) is 5.73 Å². The van der Waals surface area contributed by atoms with Crippen molar-refractivity contribution in [3.05, 3.63) is 18.6 Å². The topological polar surface area (TPSA) is 75.4 Å². The van der Waals surface area contributed by atoms with E-state index in [1.54, 1.807) is 18.6 Å². The molecule has 0 aliphatic carbocycles. The molecule has 0 bridgehead atoms. The first-order valence-electron chi connectivity index (χ1n) is 7.12. The Morgan fingerprint density at radius 1 is 1.30 bits per heavy atom. The monoisotopic (exact) mass is 277 g/mol. The Balaban J connectivity index is 1.84. The first kappa shape index (κ1) is 14.7. The molecule has 1 unspecified atom stereocenters. The van der Waals surface area contributed by atoms with Crippen LogP contribution in [-0.4, -0.2) is 53.0 Å². The minimum absolute atomic E-state index is 0.0551. The highest BCUT2D eigenvalue weighted by molar-refractivity contribution is 5.77. The Hall–Kier alpha value is -1.69. The smallest absolute Gasteiger partial charge is 0.224 e. The van der Waals surface area contributed by atoms with Crippen LogP contribution in [-0.2, 0) is 4.79 Å². The van der Waals surface area contributed by atoms with E-state index in [1.165, 1.54) is 0 Å². The molecule has 2 N–H and O–H groups in total. The van der Waals surface area contributed by atoms with Crippen LogP contribution >= 0.6 is 0 Å². The van der Waals surface area contributed by atoms with Crippen molar-refractivity contribution in [2.75, 3.05) is 31.1 Å². The van der Waals surface area contributed by atoms with Crippen LogP contribution in [0.25, 0.3) is 0 Å². The van der Waals surface area contributed by atoms with Gasteiger partial charge in [-0.15, -0.1) is 0 Å². The minimum atomic E-state index is -0.0551. The molecule has 0 saturated carbocycles. The van der Waals surface area contributed by atoms with Crippen molar-refractivity contribution in [3.8, 4) is 0 Å². The molecule has 2 rings (SSSR count). The summed E-state index contributed by atoms with van der Waals surface area (Å²) in [6.45, 7) is 7.12. The molecule has 1 saturated heterocycles. The van der Waals surface area contributed by atoms with Crippen molar-refractivity contribution >= 4 is 11.7 Å². The van der Waals surface area contributed by atoms with Gasteiger partial charge in [0.25, 0.3) is 0 Å². The zero-order valence-corrected chi connectivity index (χ0v) is 12.2. The van der Waals surface area contributed by atoms with Gasteiger partial charge in [-0.2, -0.15) is 0 Å². The lowest BCUT2D eigenvalue weighted by molar-refractivity contribution is -0.132. The number of nitrogens with two attached hydrogens (primary N) is 1. The van der Waals surface area contributed by atoms with Crippen LogP contribution in [0.15, 0.2) is 18.6 Å². The molecule has 6 heteroatoms. The maximum absolute atomic E-state index is 12.2. The third kappa shape index (κ3) is 3.66. The SMILES string of the molecule is CC(C)C(N)CC(=O)N1CCN(c2cnccn2)CC1. The van der Waals surface area contributed by atoms with E-state index in [0.29, 0.717) is 12.3 Å². The van der Waals surface area contributed by atoms with Gasteiger partial charge in [-0.3, -0.25) is 9.78 Å². The molecule has 0 radical (unpaired) electrons. The molecule has 1 amide bonds. The Morgan fingerprint density at radius 3 is 2.55 bits per heavy atom. The highest BCUT2D eigenvalue weighted by atomic mass is 16.2. The van der Waals surface area contributed by atoms with Gasteiger partial charge in [-0.1, -0.05) is 13.8 Å². The Morgan fingerprint density at radius 2 is 2.00 bits per heavy atom. The highest BCUT2D eigenvalue weighted by Gasteiger charge is 2.23. The molecule has 1 fully saturated rings. The average molecular weight is 277 g/mol. The summed E-state index contributed by atoms with van der Waals surface area (Å²) in [4.78, 5) is 24.6. The molecule has 6 nitrogen and oxygen atoms in total. The van der Waals surface area contributed by atoms with Crippen molar-refractivity contribution < 1.29 is 4.79 Å². The molecule has 0 spiro atoms. The number of carbonyl (C=O) groups excluding carboxylic acids is 1. The number of carbonyl (C=O) groups is 1. The molecule has 0 aromatic carbocycles. The number of anilines is 1. The largest absolute Gasteiger partial charge is 0.352 e. The summed E-state index contributed by atoms with van der Waals surface area (Å²) >= 11 is 0. The van der Waals surface area contributed by atoms with Crippen molar-refractivity contribution in [2.45, 2.75) is 26.3 Å². The molecular weight excluding hydrogens is 254 g/mol. The van der Waals surface area contributed by atoms with Crippen LogP contribution in [0, 0.1) is 5.92 Å². The van der Waals surface area contributed by atoms with Crippen molar-refractivity contribution in [2.24, 2.45) is 11.7 Å². The van der Waals surface area contributed by atoms with E-state index in [9.17, 15) is 4.79 Å². The quantitative estimate of drug-likeness (QED) is 0.867. The number of nitrogens with zero attached hydrogens (tertiary/aromatic N) is 4. The zero-order valence-electron chi connectivity index (χ0n) is 12.2. The van der Waals surface area contributed by atoms with Gasteiger partial charge in [0.1, 0.15) is 5.82 Å². The van der Waals surface area contributed by atoms with E-state index in [1.807, 2.05) is 18.7 Å². The normalized spacial score (nSPS) is 17.4. The van der Waals surface area contributed by atoms with Gasteiger partial charge in [0.2, 0.25) is 5.91 Å². The van der Waals surface area contributed by atoms with E-state index < -0.39 is 0 Å². The molecule has 20 heavy (non-hydrogen) atoms. The van der Waals surface area contributed by atoms with Crippen LogP contribution in [0.3, 0.4) is 0 Å². The number of hydrogen-bond acceptors (Lipinski definition) is 5. The van der Waals surface area contributed by atoms with Gasteiger partial charge >= 0.3 is 0 Å². The predicted molar refractivity (Wildman–Crippen MR) is 78.3 cm³/mol. The van der Waals surface area contributed by atoms with Crippen molar-refractivity contribution in [3.63, 3.8) is 0 Å². The second-order valence-corrected chi connectivity index (χ2v) is 5.54. The number of amides is 1. The predicted octanol–water partition coefficient (Wildman–Crippen LogP) is 0.499. The van der Waals surface area contributed by atoms with Crippen LogP contribution < -0.4 is 10.6 Å². The summed E-state index contributed by atoms with van der Waals surface area (Å²) in [6, 6.07) is -0.0551. The lowest BCUT2D eigenvalue weighted by atomic mass is 10.0. The maximum Gasteiger partial charge on any atom is 0.224 e. The first-order valence-corrected chi connectivity index (χ1v) is 7.12. The molecule has 1 aliphatic rings. The number of aromatic nitrogens is 2. The molecule has 1 aromatic rings. The second kappa shape index (κ2) is 6.65. The van der Waals surface area contributed by atoms with Crippen LogP contribution in [0.5, 0.6) is 0 Å². The van der Waals surface area contributed by atoms with Gasteiger partial charge in [0, 0.05) is 51.0 Å². The van der Waals surface area contributed by atoms with Crippen molar-refractivity contribution in [1.29, 1.82) is 0 Å². The fourth-order valence-corrected chi connectivity index (χ4v) is 2.21. The number of hydrogen-bond donors (Lipinski definition) is 1. The van der Waals surface area contributed by atoms with Crippen LogP contribution in [0.2, 0.25) is 0 Å². The minimum Gasteiger partial charge on any atom is -0.352 e. The third-order valence-electron chi connectivity index (χ3n) is 3.77. The maximum atomic E-state index is 12.2. The van der Waals surface area contributed by atoms with E-state index >= 15 is 0 Å². The van der Waals surface area contributed by atoms with E-state index in [2.05, 4.69) is 14.9 Å². The number of rotatable bonds is 4. The summed E-state index contributed by atoms with van der Waals surface area (Å²) in [7, 11) is 0. The molecule has 1 aromatic heterocycles. The van der Waals surface area contributed by atoms with E-state index in [-0.39, 0.29) is 11.9 Å². The molecule has 1 aliphatic heterocycles. The van der Waals surface area contributed by atoms with Gasteiger partial charge in [-0.05, 0) is 5.92 Å². The van der Waals surface area contributed by atoms with Gasteiger partial charge in [0.05, 0.1) is 6.20 Å². The average Bonchev–Trinajstić information content (AvgIpc) is 2.48. The Kier molecular flexibility index (Phi) is 4.89. The summed E-state index contributed by atoms with van der Waals surface area (Å²) in [5, 5.41) is 0. The molecular formula is C14H23N5O. The van der Waals surface area contributed by atoms with Gasteiger partial charge in [-0.25, -0.2) is 4.98 Å². The second-order valence-electron chi connectivity index (χ2n) is 5.54. The molecule has 2 heterocycles. The molecule has 1 atom stereocenters. The highest BCUT2D eigenvalue weighted by Crippen LogP contribution is 2.13. The summed E-state index contributed by atoms with van der Waals surface area (Å²) < 4.78 is 0. The zero-order chi connectivity index (χ0) is 14.5. The van der Waals surface area contributed by atoms with Crippen LogP contribution in [0.1, 0.15) is 20.3 Å². The Bertz CT molecular complexity index is 428. The summed E-state index contributed by atoms with van der Waals surface area (Å²) in [6.07, 6.45) is 5.54. The fraction of sp³-hybridized carbons (Fsp3) is 0.643. The van der Waals surface area contributed by atoms with Crippen LogP contribution in [0.4, 0.5) is 5.82 Å². The van der Waals surface area contributed by atoms with Gasteiger partial charge < -0.3 is 15.5 Å². The lowest BCUT2D eigenvalue weighted by Gasteiger charge is -2.35. The van der Waals surface area contributed by atoms with Crippen molar-refractivity contribution in [1.82, 2.24) is 14.9 Å². The number of piperazine rings is 1. The van der Waals surface area contributed by atoms with Gasteiger partial charge in [0.15, 0.2) is 0 Å². The molecule has 110 valence electrons. The summed E-state index contributed by atoms with van der Waals surface area (Å²) in [5.41, 5.74) is 5.97. The lowest BCUT2D eigenvalue weighted by Crippen LogP contribution is -2.50. The van der Waals surface area contributed by atoms with E-state index in [0.717, 1.165) is 32.0 Å². The fourth-order valence-electron chi connectivity index (χ4n) is 2.21. The first-order chi connectivity index (χ1) is 9.58. The summed E-state index contributed by atoms with van der Waals surface area (Å²) in [5.74, 6) is 1.36. The third-order valence-corrected chi connectivity index (χ3v) is 3.77. The Labute approximate surface area is 120 Å². The standard InChI is InChI=1S/C14H23N5O/c1-11(2)12(15)9-14(20)19-7-5-18(6-8-19)13-10-16-3-4-17-13/h3-4,10-12H,5-9,15H2,1-2H3.